The third kappa shape index (κ3) is 9.66. The number of nitrogens with two attached hydrogens (primary N) is 2. The second-order valence-corrected chi connectivity index (χ2v) is 4.82. The van der Waals surface area contributed by atoms with E-state index in [1.54, 1.807) is 0 Å². The number of hydrogen-bond acceptors (Lipinski definition) is 2. The van der Waals surface area contributed by atoms with Gasteiger partial charge >= 0.3 is 0 Å². The van der Waals surface area contributed by atoms with Crippen LogP contribution >= 0.6 is 0 Å². The van der Waals surface area contributed by atoms with Crippen molar-refractivity contribution < 1.29 is 4.79 Å². The van der Waals surface area contributed by atoms with Crippen molar-refractivity contribution in [3.8, 4) is 0 Å². The van der Waals surface area contributed by atoms with Gasteiger partial charge in [-0.05, 0) is 18.8 Å². The van der Waals surface area contributed by atoms with Crippen LogP contribution in [0.5, 0.6) is 0 Å². The molecule has 0 heterocycles. The maximum atomic E-state index is 11.7. The zero-order valence-electron chi connectivity index (χ0n) is 11.2. The summed E-state index contributed by atoms with van der Waals surface area (Å²) in [6, 6.07) is 0. The first-order valence-electron chi connectivity index (χ1n) is 6.26. The van der Waals surface area contributed by atoms with Crippen molar-refractivity contribution in [3.05, 3.63) is 0 Å². The van der Waals surface area contributed by atoms with Gasteiger partial charge in [0.05, 0.1) is 0 Å². The summed E-state index contributed by atoms with van der Waals surface area (Å²) < 4.78 is 0. The van der Waals surface area contributed by atoms with Crippen LogP contribution in [0.15, 0.2) is 4.99 Å². The molecule has 0 aliphatic heterocycles. The fourth-order valence-corrected chi connectivity index (χ4v) is 1.39. The van der Waals surface area contributed by atoms with Gasteiger partial charge in [0.1, 0.15) is 0 Å². The minimum atomic E-state index is 0.0838. The largest absolute Gasteiger partial charge is 0.370 e. The highest BCUT2D eigenvalue weighted by atomic mass is 16.1. The minimum Gasteiger partial charge on any atom is -0.370 e. The molecule has 1 atom stereocenters. The number of aliphatic imine (C=N–C) groups is 1. The monoisotopic (exact) mass is 242 g/mol. The third-order valence-corrected chi connectivity index (χ3v) is 2.55. The molecule has 0 aliphatic carbocycles. The van der Waals surface area contributed by atoms with E-state index in [4.69, 9.17) is 11.5 Å². The fraction of sp³-hybridized carbons (Fsp3) is 0.833. The molecule has 0 fully saturated rings. The highest BCUT2D eigenvalue weighted by molar-refractivity contribution is 5.78. The molecule has 5 nitrogen and oxygen atoms in total. The number of hydrogen-bond donors (Lipinski definition) is 3. The number of nitrogens with one attached hydrogen (secondary N) is 1. The quantitative estimate of drug-likeness (QED) is 0.334. The molecule has 0 spiro atoms. The zero-order valence-corrected chi connectivity index (χ0v) is 11.2. The maximum Gasteiger partial charge on any atom is 0.222 e. The van der Waals surface area contributed by atoms with E-state index in [0.29, 0.717) is 19.0 Å². The maximum absolute atomic E-state index is 11.7. The predicted octanol–water partition coefficient (Wildman–Crippen LogP) is 0.838. The Balaban J connectivity index is 3.60. The van der Waals surface area contributed by atoms with E-state index < -0.39 is 0 Å². The molecule has 0 unspecified atom stereocenters. The predicted molar refractivity (Wildman–Crippen MR) is 71.5 cm³/mol. The SMILES string of the molecule is CC(C)CC[C@@H](C)C(=O)NCCCN=C(N)N. The molecule has 0 aromatic carbocycles. The highest BCUT2D eigenvalue weighted by Gasteiger charge is 2.12. The number of guanidine groups is 1. The number of rotatable bonds is 8. The summed E-state index contributed by atoms with van der Waals surface area (Å²) in [6.07, 6.45) is 2.79. The molecule has 0 aromatic heterocycles. The van der Waals surface area contributed by atoms with Crippen LogP contribution in [0.3, 0.4) is 0 Å². The van der Waals surface area contributed by atoms with Gasteiger partial charge in [-0.25, -0.2) is 0 Å². The van der Waals surface area contributed by atoms with E-state index in [9.17, 15) is 4.79 Å². The van der Waals surface area contributed by atoms with Crippen molar-refractivity contribution in [1.29, 1.82) is 0 Å². The van der Waals surface area contributed by atoms with Crippen LogP contribution < -0.4 is 16.8 Å². The third-order valence-electron chi connectivity index (χ3n) is 2.55. The summed E-state index contributed by atoms with van der Waals surface area (Å²) in [6.45, 7) is 7.48. The Labute approximate surface area is 104 Å². The van der Waals surface area contributed by atoms with Crippen molar-refractivity contribution in [2.24, 2.45) is 28.3 Å². The number of amides is 1. The van der Waals surface area contributed by atoms with Crippen LogP contribution in [0, 0.1) is 11.8 Å². The van der Waals surface area contributed by atoms with Crippen molar-refractivity contribution >= 4 is 11.9 Å². The summed E-state index contributed by atoms with van der Waals surface area (Å²) in [7, 11) is 0. The van der Waals surface area contributed by atoms with E-state index in [0.717, 1.165) is 19.3 Å². The van der Waals surface area contributed by atoms with Gasteiger partial charge in [0.2, 0.25) is 5.91 Å². The molecule has 0 aliphatic rings. The Morgan fingerprint density at radius 2 is 1.88 bits per heavy atom. The van der Waals surface area contributed by atoms with Gasteiger partial charge in [0.25, 0.3) is 0 Å². The van der Waals surface area contributed by atoms with Gasteiger partial charge in [0, 0.05) is 19.0 Å². The summed E-state index contributed by atoms with van der Waals surface area (Å²) in [4.78, 5) is 15.5. The van der Waals surface area contributed by atoms with E-state index >= 15 is 0 Å². The van der Waals surface area contributed by atoms with Gasteiger partial charge in [-0.1, -0.05) is 27.2 Å². The summed E-state index contributed by atoms with van der Waals surface area (Å²) in [5.41, 5.74) is 10.4. The molecule has 5 N–H and O–H groups in total. The van der Waals surface area contributed by atoms with Crippen molar-refractivity contribution in [2.75, 3.05) is 13.1 Å². The van der Waals surface area contributed by atoms with Gasteiger partial charge < -0.3 is 16.8 Å². The lowest BCUT2D eigenvalue weighted by Gasteiger charge is -2.12. The zero-order chi connectivity index (χ0) is 13.3. The number of nitrogens with zero attached hydrogens (tertiary/aromatic N) is 1. The van der Waals surface area contributed by atoms with Crippen LogP contribution in [-0.2, 0) is 4.79 Å². The lowest BCUT2D eigenvalue weighted by Crippen LogP contribution is -2.30. The normalized spacial score (nSPS) is 12.2. The van der Waals surface area contributed by atoms with Crippen LogP contribution in [0.25, 0.3) is 0 Å². The van der Waals surface area contributed by atoms with E-state index in [1.165, 1.54) is 0 Å². The first-order chi connectivity index (χ1) is 7.93. The average molecular weight is 242 g/mol. The van der Waals surface area contributed by atoms with Crippen molar-refractivity contribution in [3.63, 3.8) is 0 Å². The molecule has 0 rings (SSSR count). The molecule has 0 saturated heterocycles. The second kappa shape index (κ2) is 8.84. The van der Waals surface area contributed by atoms with Crippen LogP contribution in [0.2, 0.25) is 0 Å². The molecule has 0 bridgehead atoms. The van der Waals surface area contributed by atoms with E-state index in [2.05, 4.69) is 24.2 Å². The molecule has 17 heavy (non-hydrogen) atoms. The van der Waals surface area contributed by atoms with Crippen molar-refractivity contribution in [2.45, 2.75) is 40.0 Å². The highest BCUT2D eigenvalue weighted by Crippen LogP contribution is 2.11. The summed E-state index contributed by atoms with van der Waals surface area (Å²) in [5, 5.41) is 2.89. The second-order valence-electron chi connectivity index (χ2n) is 4.82. The van der Waals surface area contributed by atoms with Gasteiger partial charge in [-0.3, -0.25) is 9.79 Å². The summed E-state index contributed by atoms with van der Waals surface area (Å²) in [5.74, 6) is 0.949. The Hall–Kier alpha value is -1.26. The molecular formula is C12H26N4O. The van der Waals surface area contributed by atoms with E-state index in [1.807, 2.05) is 6.92 Å². The molecule has 5 heteroatoms. The first kappa shape index (κ1) is 15.7. The van der Waals surface area contributed by atoms with Crippen LogP contribution in [0.1, 0.15) is 40.0 Å². The Bertz CT molecular complexity index is 247. The molecule has 1 amide bonds. The minimum absolute atomic E-state index is 0.0838. The average Bonchev–Trinajstić information content (AvgIpc) is 2.24. The Kier molecular flexibility index (Phi) is 8.19. The standard InChI is InChI=1S/C12H26N4O/c1-9(2)5-6-10(3)11(17)15-7-4-8-16-12(13)14/h9-10H,4-8H2,1-3H3,(H,15,17)(H4,13,14,16)/t10-/m1/s1. The van der Waals surface area contributed by atoms with Crippen LogP contribution in [0.4, 0.5) is 0 Å². The molecule has 0 aromatic rings. The van der Waals surface area contributed by atoms with Gasteiger partial charge in [-0.15, -0.1) is 0 Å². The smallest absolute Gasteiger partial charge is 0.222 e. The Morgan fingerprint density at radius 3 is 2.41 bits per heavy atom. The molecule has 0 radical (unpaired) electrons. The van der Waals surface area contributed by atoms with E-state index in [-0.39, 0.29) is 17.8 Å². The topological polar surface area (TPSA) is 93.5 Å². The number of carbonyl (C=O) groups is 1. The number of carbonyl (C=O) groups excluding carboxylic acids is 1. The van der Waals surface area contributed by atoms with Gasteiger partial charge in [0.15, 0.2) is 5.96 Å². The van der Waals surface area contributed by atoms with Gasteiger partial charge in [-0.2, -0.15) is 0 Å². The summed E-state index contributed by atoms with van der Waals surface area (Å²) >= 11 is 0. The van der Waals surface area contributed by atoms with Crippen molar-refractivity contribution in [1.82, 2.24) is 5.32 Å². The fourth-order valence-electron chi connectivity index (χ4n) is 1.39. The molecule has 0 saturated carbocycles. The van der Waals surface area contributed by atoms with Crippen LogP contribution in [-0.4, -0.2) is 25.0 Å². The first-order valence-corrected chi connectivity index (χ1v) is 6.26. The lowest BCUT2D eigenvalue weighted by molar-refractivity contribution is -0.124. The molecular weight excluding hydrogens is 216 g/mol. The molecule has 100 valence electrons. The lowest BCUT2D eigenvalue weighted by atomic mass is 9.99. The Morgan fingerprint density at radius 1 is 1.24 bits per heavy atom.